The molecule has 1 heterocycles. The minimum atomic E-state index is -3.17. The van der Waals surface area contributed by atoms with Crippen molar-refractivity contribution in [1.29, 1.82) is 0 Å². The third-order valence-electron chi connectivity index (χ3n) is 5.04. The number of benzene rings is 1. The third kappa shape index (κ3) is 3.20. The summed E-state index contributed by atoms with van der Waals surface area (Å²) in [7, 11) is -1.45. The van der Waals surface area contributed by atoms with Gasteiger partial charge in [0.05, 0.1) is 5.25 Å². The lowest BCUT2D eigenvalue weighted by molar-refractivity contribution is 0.0695. The van der Waals surface area contributed by atoms with E-state index in [1.165, 1.54) is 6.26 Å². The Kier molecular flexibility index (Phi) is 4.42. The summed E-state index contributed by atoms with van der Waals surface area (Å²) in [5.41, 5.74) is 2.56. The first-order valence-electron chi connectivity index (χ1n) is 8.33. The first-order chi connectivity index (χ1) is 11.3. The van der Waals surface area contributed by atoms with E-state index in [4.69, 9.17) is 0 Å². The molecule has 1 saturated carbocycles. The van der Waals surface area contributed by atoms with Gasteiger partial charge in [-0.2, -0.15) is 0 Å². The number of sulfone groups is 1. The Morgan fingerprint density at radius 1 is 1.21 bits per heavy atom. The van der Waals surface area contributed by atoms with Gasteiger partial charge in [-0.3, -0.25) is 4.79 Å². The SMILES string of the molecule is Cc1ccc2[nH]c(C(=O)N(C)[C@@H]3CCCC[C@H]3S(C)(=O)=O)cc2c1. The molecule has 1 aliphatic carbocycles. The highest BCUT2D eigenvalue weighted by molar-refractivity contribution is 7.91. The molecule has 0 spiro atoms. The summed E-state index contributed by atoms with van der Waals surface area (Å²) in [5, 5.41) is 0.530. The zero-order valence-corrected chi connectivity index (χ0v) is 15.2. The number of nitrogens with one attached hydrogen (secondary N) is 1. The Labute approximate surface area is 143 Å². The lowest BCUT2D eigenvalue weighted by Gasteiger charge is -2.36. The van der Waals surface area contributed by atoms with Crippen molar-refractivity contribution in [2.75, 3.05) is 13.3 Å². The zero-order chi connectivity index (χ0) is 17.5. The molecule has 1 aliphatic rings. The summed E-state index contributed by atoms with van der Waals surface area (Å²) in [6.45, 7) is 2.01. The van der Waals surface area contributed by atoms with Crippen LogP contribution in [-0.4, -0.2) is 48.8 Å². The predicted octanol–water partition coefficient (Wildman–Crippen LogP) is 2.90. The van der Waals surface area contributed by atoms with E-state index in [1.807, 2.05) is 31.2 Å². The highest BCUT2D eigenvalue weighted by atomic mass is 32.2. The van der Waals surface area contributed by atoms with Crippen molar-refractivity contribution in [1.82, 2.24) is 9.88 Å². The fraction of sp³-hybridized carbons (Fsp3) is 0.500. The van der Waals surface area contributed by atoms with Gasteiger partial charge in [0.2, 0.25) is 0 Å². The van der Waals surface area contributed by atoms with Crippen LogP contribution in [0, 0.1) is 6.92 Å². The summed E-state index contributed by atoms with van der Waals surface area (Å²) in [5.74, 6) is -0.149. The minimum absolute atomic E-state index is 0.149. The molecule has 130 valence electrons. The van der Waals surface area contributed by atoms with Crippen molar-refractivity contribution in [3.05, 3.63) is 35.5 Å². The molecule has 2 atom stereocenters. The standard InChI is InChI=1S/C18H24N2O3S/c1-12-8-9-14-13(10-12)11-15(19-14)18(21)20(2)16-6-4-5-7-17(16)24(3,22)23/h8-11,16-17,19H,4-7H2,1-3H3/t16-,17-/m1/s1. The van der Waals surface area contributed by atoms with Crippen LogP contribution in [0.2, 0.25) is 0 Å². The van der Waals surface area contributed by atoms with E-state index in [9.17, 15) is 13.2 Å². The summed E-state index contributed by atoms with van der Waals surface area (Å²) < 4.78 is 24.2. The Morgan fingerprint density at radius 3 is 2.62 bits per heavy atom. The van der Waals surface area contributed by atoms with Crippen LogP contribution >= 0.6 is 0 Å². The van der Waals surface area contributed by atoms with Crippen LogP contribution < -0.4 is 0 Å². The number of aryl methyl sites for hydroxylation is 1. The van der Waals surface area contributed by atoms with Crippen molar-refractivity contribution in [2.24, 2.45) is 0 Å². The largest absolute Gasteiger partial charge is 0.351 e. The quantitative estimate of drug-likeness (QED) is 0.927. The molecule has 3 rings (SSSR count). The lowest BCUT2D eigenvalue weighted by Crippen LogP contribution is -2.49. The predicted molar refractivity (Wildman–Crippen MR) is 96.0 cm³/mol. The van der Waals surface area contributed by atoms with E-state index in [-0.39, 0.29) is 11.9 Å². The molecule has 0 radical (unpaired) electrons. The molecule has 6 heteroatoms. The van der Waals surface area contributed by atoms with Crippen molar-refractivity contribution in [3.63, 3.8) is 0 Å². The third-order valence-corrected chi connectivity index (χ3v) is 6.69. The van der Waals surface area contributed by atoms with E-state index >= 15 is 0 Å². The molecule has 1 aromatic carbocycles. The van der Waals surface area contributed by atoms with Crippen molar-refractivity contribution >= 4 is 26.6 Å². The maximum absolute atomic E-state index is 12.9. The number of aromatic nitrogens is 1. The van der Waals surface area contributed by atoms with Gasteiger partial charge >= 0.3 is 0 Å². The van der Waals surface area contributed by atoms with Gasteiger partial charge in [0.1, 0.15) is 5.69 Å². The van der Waals surface area contributed by atoms with E-state index in [2.05, 4.69) is 4.98 Å². The molecule has 1 aromatic heterocycles. The minimum Gasteiger partial charge on any atom is -0.351 e. The number of hydrogen-bond acceptors (Lipinski definition) is 3. The van der Waals surface area contributed by atoms with Gasteiger partial charge in [0.15, 0.2) is 9.84 Å². The summed E-state index contributed by atoms with van der Waals surface area (Å²) >= 11 is 0. The number of fused-ring (bicyclic) bond motifs is 1. The normalized spacial score (nSPS) is 21.8. The van der Waals surface area contributed by atoms with E-state index < -0.39 is 15.1 Å². The summed E-state index contributed by atoms with van der Waals surface area (Å²) in [4.78, 5) is 17.6. The average Bonchev–Trinajstić information content (AvgIpc) is 2.95. The first-order valence-corrected chi connectivity index (χ1v) is 10.3. The van der Waals surface area contributed by atoms with Crippen LogP contribution in [0.25, 0.3) is 10.9 Å². The van der Waals surface area contributed by atoms with Crippen LogP contribution in [0.1, 0.15) is 41.7 Å². The van der Waals surface area contributed by atoms with Crippen molar-refractivity contribution in [3.8, 4) is 0 Å². The number of aromatic amines is 1. The second kappa shape index (κ2) is 6.24. The van der Waals surface area contributed by atoms with E-state index in [0.717, 1.165) is 35.7 Å². The molecule has 0 saturated heterocycles. The molecular weight excluding hydrogens is 324 g/mol. The highest BCUT2D eigenvalue weighted by Crippen LogP contribution is 2.28. The van der Waals surface area contributed by atoms with Crippen molar-refractivity contribution in [2.45, 2.75) is 43.9 Å². The van der Waals surface area contributed by atoms with Gasteiger partial charge in [0, 0.05) is 30.2 Å². The van der Waals surface area contributed by atoms with Gasteiger partial charge in [-0.25, -0.2) is 8.42 Å². The number of nitrogens with zero attached hydrogens (tertiary/aromatic N) is 1. The van der Waals surface area contributed by atoms with Gasteiger partial charge in [-0.1, -0.05) is 24.5 Å². The number of carbonyl (C=O) groups excluding carboxylic acids is 1. The Hall–Kier alpha value is -1.82. The second-order valence-electron chi connectivity index (χ2n) is 6.91. The lowest BCUT2D eigenvalue weighted by atomic mass is 9.93. The molecule has 1 N–H and O–H groups in total. The van der Waals surface area contributed by atoms with Gasteiger partial charge < -0.3 is 9.88 Å². The molecule has 0 unspecified atom stereocenters. The molecule has 2 aromatic rings. The fourth-order valence-electron chi connectivity index (χ4n) is 3.73. The molecule has 0 aliphatic heterocycles. The topological polar surface area (TPSA) is 70.2 Å². The fourth-order valence-corrected chi connectivity index (χ4v) is 5.21. The van der Waals surface area contributed by atoms with Gasteiger partial charge in [0.25, 0.3) is 5.91 Å². The molecule has 5 nitrogen and oxygen atoms in total. The number of hydrogen-bond donors (Lipinski definition) is 1. The average molecular weight is 348 g/mol. The van der Waals surface area contributed by atoms with E-state index in [0.29, 0.717) is 12.1 Å². The second-order valence-corrected chi connectivity index (χ2v) is 9.17. The molecular formula is C18H24N2O3S. The number of amides is 1. The number of rotatable bonds is 3. The Balaban J connectivity index is 1.89. The maximum Gasteiger partial charge on any atom is 0.270 e. The number of H-pyrrole nitrogens is 1. The van der Waals surface area contributed by atoms with Crippen LogP contribution in [0.15, 0.2) is 24.3 Å². The monoisotopic (exact) mass is 348 g/mol. The van der Waals surface area contributed by atoms with Crippen LogP contribution in [-0.2, 0) is 9.84 Å². The maximum atomic E-state index is 12.9. The Bertz CT molecular complexity index is 870. The number of carbonyl (C=O) groups is 1. The highest BCUT2D eigenvalue weighted by Gasteiger charge is 2.37. The molecule has 24 heavy (non-hydrogen) atoms. The molecule has 0 bridgehead atoms. The molecule has 1 amide bonds. The zero-order valence-electron chi connectivity index (χ0n) is 14.4. The molecule has 1 fully saturated rings. The Morgan fingerprint density at radius 2 is 1.92 bits per heavy atom. The summed E-state index contributed by atoms with van der Waals surface area (Å²) in [6.07, 6.45) is 4.51. The van der Waals surface area contributed by atoms with Crippen LogP contribution in [0.5, 0.6) is 0 Å². The van der Waals surface area contributed by atoms with Crippen molar-refractivity contribution < 1.29 is 13.2 Å². The smallest absolute Gasteiger partial charge is 0.270 e. The first kappa shape index (κ1) is 17.0. The van der Waals surface area contributed by atoms with Gasteiger partial charge in [-0.05, 0) is 38.0 Å². The van der Waals surface area contributed by atoms with Crippen LogP contribution in [0.4, 0.5) is 0 Å². The van der Waals surface area contributed by atoms with Gasteiger partial charge in [-0.15, -0.1) is 0 Å². The van der Waals surface area contributed by atoms with E-state index in [1.54, 1.807) is 11.9 Å². The van der Waals surface area contributed by atoms with Crippen LogP contribution in [0.3, 0.4) is 0 Å². The summed E-state index contributed by atoms with van der Waals surface area (Å²) in [6, 6.07) is 7.58.